The summed E-state index contributed by atoms with van der Waals surface area (Å²) in [6.07, 6.45) is 1.42. The van der Waals surface area contributed by atoms with Gasteiger partial charge in [0.05, 0.1) is 6.20 Å². The van der Waals surface area contributed by atoms with Crippen molar-refractivity contribution in [1.82, 2.24) is 15.2 Å². The third-order valence-corrected chi connectivity index (χ3v) is 2.15. The lowest BCUT2D eigenvalue weighted by atomic mass is 10.2. The number of anilines is 1. The van der Waals surface area contributed by atoms with E-state index in [0.717, 1.165) is 10.0 Å². The van der Waals surface area contributed by atoms with Gasteiger partial charge in [-0.3, -0.25) is 0 Å². The zero-order valence-corrected chi connectivity index (χ0v) is 8.77. The molecular formula is C9H7BrN4. The quantitative estimate of drug-likeness (QED) is 0.840. The van der Waals surface area contributed by atoms with Crippen LogP contribution in [0.25, 0.3) is 11.4 Å². The molecule has 0 saturated carbocycles. The molecule has 0 aliphatic heterocycles. The molecule has 0 bridgehead atoms. The topological polar surface area (TPSA) is 64.7 Å². The molecule has 0 unspecified atom stereocenters. The first kappa shape index (κ1) is 9.08. The number of nitrogen functional groups attached to an aromatic ring is 1. The molecule has 0 spiro atoms. The second kappa shape index (κ2) is 3.71. The van der Waals surface area contributed by atoms with Gasteiger partial charge in [-0.1, -0.05) is 28.1 Å². The standard InChI is InChI=1S/C9H7BrN4/c10-7-3-1-2-6(4-7)9-13-8(11)5-12-14-9/h1-5H,(H2,11,13,14). The van der Waals surface area contributed by atoms with Gasteiger partial charge in [0.1, 0.15) is 5.82 Å². The molecule has 0 fully saturated rings. The largest absolute Gasteiger partial charge is 0.382 e. The van der Waals surface area contributed by atoms with E-state index in [4.69, 9.17) is 5.73 Å². The summed E-state index contributed by atoms with van der Waals surface area (Å²) in [6, 6.07) is 7.66. The molecule has 2 rings (SSSR count). The van der Waals surface area contributed by atoms with Gasteiger partial charge in [0.25, 0.3) is 0 Å². The fourth-order valence-corrected chi connectivity index (χ4v) is 1.47. The van der Waals surface area contributed by atoms with E-state index in [9.17, 15) is 0 Å². The van der Waals surface area contributed by atoms with Crippen LogP contribution in [-0.4, -0.2) is 15.2 Å². The Labute approximate surface area is 89.3 Å². The Balaban J connectivity index is 2.49. The monoisotopic (exact) mass is 250 g/mol. The Morgan fingerprint density at radius 1 is 1.29 bits per heavy atom. The predicted octanol–water partition coefficient (Wildman–Crippen LogP) is 1.88. The van der Waals surface area contributed by atoms with Crippen molar-refractivity contribution in [2.45, 2.75) is 0 Å². The molecule has 5 heteroatoms. The molecule has 70 valence electrons. The van der Waals surface area contributed by atoms with E-state index in [1.807, 2.05) is 24.3 Å². The van der Waals surface area contributed by atoms with E-state index in [-0.39, 0.29) is 0 Å². The molecule has 0 aliphatic carbocycles. The van der Waals surface area contributed by atoms with Gasteiger partial charge in [-0.05, 0) is 12.1 Å². The van der Waals surface area contributed by atoms with Crippen molar-refractivity contribution in [3.8, 4) is 11.4 Å². The minimum atomic E-state index is 0.370. The highest BCUT2D eigenvalue weighted by atomic mass is 79.9. The zero-order chi connectivity index (χ0) is 9.97. The minimum absolute atomic E-state index is 0.370. The number of benzene rings is 1. The van der Waals surface area contributed by atoms with E-state index in [1.165, 1.54) is 6.20 Å². The summed E-state index contributed by atoms with van der Waals surface area (Å²) in [6.45, 7) is 0. The fraction of sp³-hybridized carbons (Fsp3) is 0. The molecule has 0 radical (unpaired) electrons. The molecule has 2 N–H and O–H groups in total. The molecule has 1 aromatic heterocycles. The van der Waals surface area contributed by atoms with Gasteiger partial charge < -0.3 is 5.73 Å². The molecule has 0 amide bonds. The molecule has 0 atom stereocenters. The van der Waals surface area contributed by atoms with Crippen LogP contribution in [0, 0.1) is 0 Å². The highest BCUT2D eigenvalue weighted by Crippen LogP contribution is 2.19. The molecule has 0 saturated heterocycles. The van der Waals surface area contributed by atoms with Crippen molar-refractivity contribution in [3.05, 3.63) is 34.9 Å². The maximum Gasteiger partial charge on any atom is 0.183 e. The number of nitrogens with two attached hydrogens (primary N) is 1. The first-order chi connectivity index (χ1) is 6.75. The van der Waals surface area contributed by atoms with Crippen molar-refractivity contribution < 1.29 is 0 Å². The van der Waals surface area contributed by atoms with Gasteiger partial charge in [-0.25, -0.2) is 4.98 Å². The van der Waals surface area contributed by atoms with E-state index in [1.54, 1.807) is 0 Å². The summed E-state index contributed by atoms with van der Waals surface area (Å²) >= 11 is 3.37. The van der Waals surface area contributed by atoms with Crippen LogP contribution in [0.4, 0.5) is 5.82 Å². The van der Waals surface area contributed by atoms with Gasteiger partial charge in [0.15, 0.2) is 5.82 Å². The fourth-order valence-electron chi connectivity index (χ4n) is 1.07. The van der Waals surface area contributed by atoms with Crippen LogP contribution >= 0.6 is 15.9 Å². The molecule has 2 aromatic rings. The van der Waals surface area contributed by atoms with E-state index in [0.29, 0.717) is 11.6 Å². The number of halogens is 1. The summed E-state index contributed by atoms with van der Waals surface area (Å²) in [4.78, 5) is 4.07. The van der Waals surface area contributed by atoms with Crippen LogP contribution in [0.15, 0.2) is 34.9 Å². The number of aromatic nitrogens is 3. The van der Waals surface area contributed by atoms with Crippen LogP contribution in [0.2, 0.25) is 0 Å². The Morgan fingerprint density at radius 3 is 2.86 bits per heavy atom. The molecular weight excluding hydrogens is 244 g/mol. The Hall–Kier alpha value is -1.49. The number of hydrogen-bond donors (Lipinski definition) is 1. The second-order valence-electron chi connectivity index (χ2n) is 2.72. The predicted molar refractivity (Wildman–Crippen MR) is 57.4 cm³/mol. The number of nitrogens with zero attached hydrogens (tertiary/aromatic N) is 3. The van der Waals surface area contributed by atoms with Gasteiger partial charge in [0, 0.05) is 10.0 Å². The lowest BCUT2D eigenvalue weighted by Gasteiger charge is -1.99. The van der Waals surface area contributed by atoms with Crippen molar-refractivity contribution >= 4 is 21.7 Å². The third kappa shape index (κ3) is 1.88. The first-order valence-corrected chi connectivity index (χ1v) is 4.76. The van der Waals surface area contributed by atoms with Gasteiger partial charge in [-0.2, -0.15) is 5.10 Å². The Morgan fingerprint density at radius 2 is 2.14 bits per heavy atom. The summed E-state index contributed by atoms with van der Waals surface area (Å²) in [7, 11) is 0. The van der Waals surface area contributed by atoms with Crippen molar-refractivity contribution in [3.63, 3.8) is 0 Å². The molecule has 1 heterocycles. The Bertz CT molecular complexity index is 415. The average Bonchev–Trinajstić information content (AvgIpc) is 2.18. The molecule has 0 aliphatic rings. The zero-order valence-electron chi connectivity index (χ0n) is 7.18. The smallest absolute Gasteiger partial charge is 0.183 e. The van der Waals surface area contributed by atoms with Gasteiger partial charge >= 0.3 is 0 Å². The van der Waals surface area contributed by atoms with Crippen LogP contribution < -0.4 is 5.73 Å². The SMILES string of the molecule is Nc1cnnc(-c2cccc(Br)c2)n1. The Kier molecular flexibility index (Phi) is 2.41. The van der Waals surface area contributed by atoms with Crippen molar-refractivity contribution in [1.29, 1.82) is 0 Å². The van der Waals surface area contributed by atoms with Gasteiger partial charge in [-0.15, -0.1) is 5.10 Å². The van der Waals surface area contributed by atoms with Crippen LogP contribution in [0.5, 0.6) is 0 Å². The van der Waals surface area contributed by atoms with Crippen LogP contribution in [-0.2, 0) is 0 Å². The maximum absolute atomic E-state index is 5.51. The van der Waals surface area contributed by atoms with Crippen molar-refractivity contribution in [2.75, 3.05) is 5.73 Å². The lowest BCUT2D eigenvalue weighted by molar-refractivity contribution is 0.987. The molecule has 14 heavy (non-hydrogen) atoms. The summed E-state index contributed by atoms with van der Waals surface area (Å²) in [5.74, 6) is 0.904. The van der Waals surface area contributed by atoms with E-state index < -0.39 is 0 Å². The van der Waals surface area contributed by atoms with E-state index >= 15 is 0 Å². The maximum atomic E-state index is 5.51. The summed E-state index contributed by atoms with van der Waals surface area (Å²) in [5.41, 5.74) is 6.40. The van der Waals surface area contributed by atoms with Crippen LogP contribution in [0.3, 0.4) is 0 Å². The number of hydrogen-bond acceptors (Lipinski definition) is 4. The highest BCUT2D eigenvalue weighted by Gasteiger charge is 2.01. The van der Waals surface area contributed by atoms with E-state index in [2.05, 4.69) is 31.1 Å². The first-order valence-electron chi connectivity index (χ1n) is 3.97. The van der Waals surface area contributed by atoms with Crippen LogP contribution in [0.1, 0.15) is 0 Å². The highest BCUT2D eigenvalue weighted by molar-refractivity contribution is 9.10. The number of rotatable bonds is 1. The van der Waals surface area contributed by atoms with Gasteiger partial charge in [0.2, 0.25) is 0 Å². The third-order valence-electron chi connectivity index (χ3n) is 1.66. The minimum Gasteiger partial charge on any atom is -0.382 e. The summed E-state index contributed by atoms with van der Waals surface area (Å²) < 4.78 is 0.973. The lowest BCUT2D eigenvalue weighted by Crippen LogP contribution is -1.97. The summed E-state index contributed by atoms with van der Waals surface area (Å²) in [5, 5.41) is 7.63. The normalized spacial score (nSPS) is 10.1. The second-order valence-corrected chi connectivity index (χ2v) is 3.63. The molecule has 4 nitrogen and oxygen atoms in total. The van der Waals surface area contributed by atoms with Crippen molar-refractivity contribution in [2.24, 2.45) is 0 Å². The average molecular weight is 251 g/mol. The molecule has 1 aromatic carbocycles.